The summed E-state index contributed by atoms with van der Waals surface area (Å²) in [5, 5.41) is 0.632. The summed E-state index contributed by atoms with van der Waals surface area (Å²) in [5.74, 6) is -0.281. The normalized spacial score (nSPS) is 13.4. The lowest BCUT2D eigenvalue weighted by atomic mass is 10.0. The van der Waals surface area contributed by atoms with E-state index in [9.17, 15) is 8.78 Å². The maximum Gasteiger partial charge on any atom is 0.126 e. The molecule has 1 saturated carbocycles. The Morgan fingerprint density at radius 2 is 1.35 bits per heavy atom. The molecule has 1 aliphatic rings. The number of nitrogens with zero attached hydrogens (tertiary/aromatic N) is 2. The Morgan fingerprint density at radius 3 is 1.77 bits per heavy atom. The van der Waals surface area contributed by atoms with Crippen LogP contribution in [0.5, 0.6) is 0 Å². The summed E-state index contributed by atoms with van der Waals surface area (Å²) in [4.78, 5) is 4.15. The predicted octanol–water partition coefficient (Wildman–Crippen LogP) is 7.59. The molecule has 0 aromatic heterocycles. The quantitative estimate of drug-likeness (QED) is 0.469. The van der Waals surface area contributed by atoms with Crippen molar-refractivity contribution >= 4 is 11.6 Å². The third-order valence-electron chi connectivity index (χ3n) is 5.10. The largest absolute Gasteiger partial charge is 0.305 e. The summed E-state index contributed by atoms with van der Waals surface area (Å²) in [7, 11) is 7.97. The van der Waals surface area contributed by atoms with Gasteiger partial charge in [0.1, 0.15) is 11.6 Å². The van der Waals surface area contributed by atoms with Gasteiger partial charge in [-0.1, -0.05) is 51.4 Å². The van der Waals surface area contributed by atoms with Gasteiger partial charge in [0, 0.05) is 17.1 Å². The molecule has 31 heavy (non-hydrogen) atoms. The standard InChI is InChI=1S/C12H16FN.C10H13ClFN.2C2H6/c1-9-4-5-10(8-11(9)13)12(6-7-12)14(2)3;1-7-4-9(11)8(5-10(7)12)6-13(2)3;2*1-2/h4-5,8H,6-7H2,1-3H3;4-5H,6H2,1-3H3;2*1-2H3. The van der Waals surface area contributed by atoms with E-state index in [1.54, 1.807) is 26.0 Å². The van der Waals surface area contributed by atoms with Crippen LogP contribution >= 0.6 is 11.6 Å². The van der Waals surface area contributed by atoms with Crippen molar-refractivity contribution in [3.63, 3.8) is 0 Å². The number of hydrogen-bond acceptors (Lipinski definition) is 2. The molecule has 176 valence electrons. The van der Waals surface area contributed by atoms with E-state index in [1.165, 1.54) is 6.07 Å². The Labute approximate surface area is 194 Å². The van der Waals surface area contributed by atoms with Crippen molar-refractivity contribution in [3.8, 4) is 0 Å². The fraction of sp³-hybridized carbons (Fsp3) is 0.538. The highest BCUT2D eigenvalue weighted by atomic mass is 35.5. The lowest BCUT2D eigenvalue weighted by Gasteiger charge is -2.24. The number of hydrogen-bond donors (Lipinski definition) is 0. The summed E-state index contributed by atoms with van der Waals surface area (Å²) in [6, 6.07) is 8.76. The smallest absolute Gasteiger partial charge is 0.126 e. The molecule has 2 nitrogen and oxygen atoms in total. The van der Waals surface area contributed by atoms with Crippen LogP contribution in [0, 0.1) is 25.5 Å². The molecule has 0 bridgehead atoms. The predicted molar refractivity (Wildman–Crippen MR) is 132 cm³/mol. The number of aryl methyl sites for hydroxylation is 2. The first kappa shape index (κ1) is 29.5. The molecule has 2 aromatic rings. The fourth-order valence-corrected chi connectivity index (χ4v) is 3.42. The number of benzene rings is 2. The highest BCUT2D eigenvalue weighted by Gasteiger charge is 2.46. The summed E-state index contributed by atoms with van der Waals surface area (Å²) in [6.45, 7) is 12.2. The molecule has 0 spiro atoms. The zero-order valence-electron chi connectivity index (χ0n) is 21.0. The lowest BCUT2D eigenvalue weighted by Crippen LogP contribution is -2.27. The Bertz CT molecular complexity index is 800. The van der Waals surface area contributed by atoms with Gasteiger partial charge in [-0.25, -0.2) is 8.78 Å². The number of rotatable bonds is 4. The molecular formula is C26H41ClF2N2. The first-order valence-electron chi connectivity index (χ1n) is 11.1. The Balaban J connectivity index is 0.000000502. The molecule has 0 saturated heterocycles. The van der Waals surface area contributed by atoms with Crippen molar-refractivity contribution in [3.05, 3.63) is 69.2 Å². The first-order chi connectivity index (χ1) is 14.6. The van der Waals surface area contributed by atoms with Gasteiger partial charge in [-0.15, -0.1) is 0 Å². The van der Waals surface area contributed by atoms with Crippen LogP contribution < -0.4 is 0 Å². The maximum absolute atomic E-state index is 13.4. The minimum atomic E-state index is -0.193. The van der Waals surface area contributed by atoms with E-state index in [0.717, 1.165) is 29.5 Å². The van der Waals surface area contributed by atoms with Crippen LogP contribution in [0.3, 0.4) is 0 Å². The topological polar surface area (TPSA) is 6.48 Å². The maximum atomic E-state index is 13.4. The Kier molecular flexibility index (Phi) is 13.2. The van der Waals surface area contributed by atoms with Crippen LogP contribution in [0.15, 0.2) is 30.3 Å². The number of halogens is 3. The minimum absolute atomic E-state index is 0.0874. The molecule has 0 amide bonds. The van der Waals surface area contributed by atoms with Gasteiger partial charge in [-0.3, -0.25) is 4.90 Å². The summed E-state index contributed by atoms with van der Waals surface area (Å²) in [6.07, 6.45) is 2.28. The molecule has 1 aliphatic carbocycles. The van der Waals surface area contributed by atoms with Gasteiger partial charge in [0.05, 0.1) is 0 Å². The average Bonchev–Trinajstić information content (AvgIpc) is 3.54. The van der Waals surface area contributed by atoms with Crippen LogP contribution in [0.2, 0.25) is 5.02 Å². The monoisotopic (exact) mass is 454 g/mol. The van der Waals surface area contributed by atoms with Crippen molar-refractivity contribution in [2.75, 3.05) is 28.2 Å². The summed E-state index contributed by atoms with van der Waals surface area (Å²) < 4.78 is 26.5. The zero-order chi connectivity index (χ0) is 24.4. The zero-order valence-corrected chi connectivity index (χ0v) is 21.8. The van der Waals surface area contributed by atoms with Crippen LogP contribution in [-0.2, 0) is 12.1 Å². The fourth-order valence-electron chi connectivity index (χ4n) is 3.14. The van der Waals surface area contributed by atoms with Gasteiger partial charge in [-0.2, -0.15) is 0 Å². The lowest BCUT2D eigenvalue weighted by molar-refractivity contribution is 0.275. The summed E-state index contributed by atoms with van der Waals surface area (Å²) in [5.41, 5.74) is 3.38. The third-order valence-corrected chi connectivity index (χ3v) is 5.45. The van der Waals surface area contributed by atoms with Crippen molar-refractivity contribution in [1.29, 1.82) is 0 Å². The Hall–Kier alpha value is -1.49. The van der Waals surface area contributed by atoms with E-state index < -0.39 is 0 Å². The molecule has 0 atom stereocenters. The van der Waals surface area contributed by atoms with Crippen LogP contribution in [0.4, 0.5) is 8.78 Å². The minimum Gasteiger partial charge on any atom is -0.305 e. The second-order valence-electron chi connectivity index (χ2n) is 7.82. The SMILES string of the molecule is CC.CC.Cc1cc(Cl)c(CN(C)C)cc1F.Cc1ccc(C2(N(C)C)CC2)cc1F. The molecular weight excluding hydrogens is 414 g/mol. The van der Waals surface area contributed by atoms with Crippen LogP contribution in [0.1, 0.15) is 62.8 Å². The van der Waals surface area contributed by atoms with Gasteiger partial charge in [0.2, 0.25) is 0 Å². The van der Waals surface area contributed by atoms with Crippen LogP contribution in [0.25, 0.3) is 0 Å². The molecule has 3 rings (SSSR count). The van der Waals surface area contributed by atoms with Gasteiger partial charge in [0.15, 0.2) is 0 Å². The van der Waals surface area contributed by atoms with E-state index in [2.05, 4.69) is 19.0 Å². The second-order valence-corrected chi connectivity index (χ2v) is 8.23. The highest BCUT2D eigenvalue weighted by Crippen LogP contribution is 2.49. The third kappa shape index (κ3) is 8.51. The van der Waals surface area contributed by atoms with Crippen molar-refractivity contribution < 1.29 is 8.78 Å². The molecule has 0 heterocycles. The van der Waals surface area contributed by atoms with E-state index in [0.29, 0.717) is 17.1 Å². The van der Waals surface area contributed by atoms with Crippen LogP contribution in [-0.4, -0.2) is 38.0 Å². The molecule has 5 heteroatoms. The van der Waals surface area contributed by atoms with E-state index in [4.69, 9.17) is 11.6 Å². The van der Waals surface area contributed by atoms with Gasteiger partial charge >= 0.3 is 0 Å². The second kappa shape index (κ2) is 13.8. The van der Waals surface area contributed by atoms with E-state index in [-0.39, 0.29) is 17.2 Å². The van der Waals surface area contributed by atoms with E-state index in [1.807, 2.05) is 58.8 Å². The molecule has 0 N–H and O–H groups in total. The Morgan fingerprint density at radius 1 is 0.839 bits per heavy atom. The highest BCUT2D eigenvalue weighted by molar-refractivity contribution is 6.31. The van der Waals surface area contributed by atoms with Gasteiger partial charge < -0.3 is 4.90 Å². The van der Waals surface area contributed by atoms with Crippen molar-refractivity contribution in [2.24, 2.45) is 0 Å². The molecule has 0 aliphatic heterocycles. The van der Waals surface area contributed by atoms with E-state index >= 15 is 0 Å². The van der Waals surface area contributed by atoms with Crippen molar-refractivity contribution in [2.45, 2.75) is 66.5 Å². The molecule has 2 aromatic carbocycles. The molecule has 0 radical (unpaired) electrons. The van der Waals surface area contributed by atoms with Crippen molar-refractivity contribution in [1.82, 2.24) is 9.80 Å². The molecule has 0 unspecified atom stereocenters. The first-order valence-corrected chi connectivity index (χ1v) is 11.5. The van der Waals surface area contributed by atoms with Gasteiger partial charge in [-0.05, 0) is 95.3 Å². The molecule has 1 fully saturated rings. The van der Waals surface area contributed by atoms with Gasteiger partial charge in [0.25, 0.3) is 0 Å². The summed E-state index contributed by atoms with van der Waals surface area (Å²) >= 11 is 5.95. The average molecular weight is 455 g/mol.